The molecule has 2 rings (SSSR count). The first-order valence-corrected chi connectivity index (χ1v) is 5.55. The molecule has 19 heavy (non-hydrogen) atoms. The third kappa shape index (κ3) is 2.95. The minimum Gasteiger partial charge on any atom is -0.496 e. The number of anilines is 1. The molecule has 0 unspecified atom stereocenters. The molecule has 0 amide bonds. The molecule has 0 heterocycles. The Morgan fingerprint density at radius 2 is 1.74 bits per heavy atom. The highest BCUT2D eigenvalue weighted by atomic mass is 16.5. The highest BCUT2D eigenvalue weighted by Gasteiger charge is 2.12. The summed E-state index contributed by atoms with van der Waals surface area (Å²) in [6, 6.07) is 11.4. The second-order valence-corrected chi connectivity index (χ2v) is 3.84. The lowest BCUT2D eigenvalue weighted by Gasteiger charge is -2.09. The molecule has 2 aromatic carbocycles. The van der Waals surface area contributed by atoms with Gasteiger partial charge in [0.2, 0.25) is 0 Å². The zero-order valence-electron chi connectivity index (χ0n) is 10.3. The minimum absolute atomic E-state index is 0.0513. The molecule has 3 N–H and O–H groups in total. The summed E-state index contributed by atoms with van der Waals surface area (Å²) in [5, 5.41) is 9.07. The second-order valence-electron chi connectivity index (χ2n) is 3.84. The fourth-order valence-electron chi connectivity index (χ4n) is 1.59. The number of carboxylic acid groups (broad SMARTS) is 1. The zero-order valence-corrected chi connectivity index (χ0v) is 10.3. The minimum atomic E-state index is -1.07. The molecule has 0 aliphatic carbocycles. The van der Waals surface area contributed by atoms with Gasteiger partial charge in [0.25, 0.3) is 0 Å². The molecule has 0 saturated heterocycles. The molecule has 2 aromatic rings. The summed E-state index contributed by atoms with van der Waals surface area (Å²) in [6.45, 7) is 0. The van der Waals surface area contributed by atoms with Crippen LogP contribution < -0.4 is 15.2 Å². The van der Waals surface area contributed by atoms with Crippen molar-refractivity contribution in [3.63, 3.8) is 0 Å². The summed E-state index contributed by atoms with van der Waals surface area (Å²) in [5.74, 6) is 0.218. The summed E-state index contributed by atoms with van der Waals surface area (Å²) in [4.78, 5) is 11.1. The van der Waals surface area contributed by atoms with Gasteiger partial charge in [-0.25, -0.2) is 4.79 Å². The van der Waals surface area contributed by atoms with Gasteiger partial charge in [0.15, 0.2) is 0 Å². The van der Waals surface area contributed by atoms with Crippen LogP contribution in [0.3, 0.4) is 0 Å². The van der Waals surface area contributed by atoms with Crippen LogP contribution in [0.25, 0.3) is 0 Å². The number of aromatic carboxylic acids is 1. The van der Waals surface area contributed by atoms with E-state index in [1.54, 1.807) is 36.4 Å². The van der Waals surface area contributed by atoms with Gasteiger partial charge in [-0.1, -0.05) is 0 Å². The monoisotopic (exact) mass is 259 g/mol. The maximum absolute atomic E-state index is 11.1. The number of ether oxygens (including phenoxy) is 2. The van der Waals surface area contributed by atoms with Crippen molar-refractivity contribution in [2.75, 3.05) is 12.8 Å². The molecule has 0 saturated carbocycles. The molecule has 0 spiro atoms. The molecule has 5 heteroatoms. The predicted octanol–water partition coefficient (Wildman–Crippen LogP) is 2.77. The number of hydrogen-bond acceptors (Lipinski definition) is 4. The van der Waals surface area contributed by atoms with E-state index in [0.717, 1.165) is 0 Å². The van der Waals surface area contributed by atoms with Crippen molar-refractivity contribution in [2.45, 2.75) is 0 Å². The number of rotatable bonds is 4. The molecule has 98 valence electrons. The van der Waals surface area contributed by atoms with Gasteiger partial charge in [-0.3, -0.25) is 0 Å². The first kappa shape index (κ1) is 12.8. The molecule has 0 aliphatic rings. The highest BCUT2D eigenvalue weighted by Crippen LogP contribution is 2.28. The van der Waals surface area contributed by atoms with Crippen LogP contribution in [-0.4, -0.2) is 18.2 Å². The average Bonchev–Trinajstić information content (AvgIpc) is 2.41. The topological polar surface area (TPSA) is 81.8 Å². The van der Waals surface area contributed by atoms with E-state index >= 15 is 0 Å². The molecule has 0 aliphatic heterocycles. The van der Waals surface area contributed by atoms with E-state index in [4.69, 9.17) is 20.3 Å². The van der Waals surface area contributed by atoms with Crippen LogP contribution in [-0.2, 0) is 0 Å². The molecule has 5 nitrogen and oxygen atoms in total. The first-order valence-electron chi connectivity index (χ1n) is 5.55. The fourth-order valence-corrected chi connectivity index (χ4v) is 1.59. The van der Waals surface area contributed by atoms with Gasteiger partial charge in [-0.2, -0.15) is 0 Å². The number of carboxylic acids is 1. The van der Waals surface area contributed by atoms with Gasteiger partial charge in [0, 0.05) is 5.69 Å². The second kappa shape index (κ2) is 5.30. The number of nitrogens with two attached hydrogens (primary N) is 1. The molecular weight excluding hydrogens is 246 g/mol. The van der Waals surface area contributed by atoms with Gasteiger partial charge in [0.1, 0.15) is 22.8 Å². The van der Waals surface area contributed by atoms with E-state index in [2.05, 4.69) is 0 Å². The maximum Gasteiger partial charge on any atom is 0.339 e. The van der Waals surface area contributed by atoms with Crippen LogP contribution in [0.5, 0.6) is 17.2 Å². The van der Waals surface area contributed by atoms with Gasteiger partial charge in [-0.15, -0.1) is 0 Å². The SMILES string of the molecule is COc1ccc(Oc2ccc(N)cc2)cc1C(=O)O. The number of hydrogen-bond donors (Lipinski definition) is 2. The first-order chi connectivity index (χ1) is 9.10. The fraction of sp³-hybridized carbons (Fsp3) is 0.0714. The highest BCUT2D eigenvalue weighted by molar-refractivity contribution is 5.91. The van der Waals surface area contributed by atoms with Crippen molar-refractivity contribution in [3.05, 3.63) is 48.0 Å². The Bertz CT molecular complexity index is 593. The molecule has 0 bridgehead atoms. The maximum atomic E-state index is 11.1. The van der Waals surface area contributed by atoms with Crippen molar-refractivity contribution in [3.8, 4) is 17.2 Å². The number of carbonyl (C=O) groups is 1. The third-order valence-corrected chi connectivity index (χ3v) is 2.52. The van der Waals surface area contributed by atoms with E-state index in [0.29, 0.717) is 17.2 Å². The Labute approximate surface area is 110 Å². The van der Waals surface area contributed by atoms with Gasteiger partial charge < -0.3 is 20.3 Å². The summed E-state index contributed by atoms with van der Waals surface area (Å²) < 4.78 is 10.5. The Morgan fingerprint density at radius 3 is 2.32 bits per heavy atom. The van der Waals surface area contributed by atoms with Crippen LogP contribution >= 0.6 is 0 Å². The van der Waals surface area contributed by atoms with Crippen LogP contribution in [0.1, 0.15) is 10.4 Å². The number of nitrogen functional groups attached to an aromatic ring is 1. The smallest absolute Gasteiger partial charge is 0.339 e. The predicted molar refractivity (Wildman–Crippen MR) is 70.9 cm³/mol. The normalized spacial score (nSPS) is 9.95. The molecular formula is C14H13NO4. The van der Waals surface area contributed by atoms with Gasteiger partial charge in [-0.05, 0) is 42.5 Å². The van der Waals surface area contributed by atoms with Crippen LogP contribution in [0.2, 0.25) is 0 Å². The summed E-state index contributed by atoms with van der Waals surface area (Å²) in [5.41, 5.74) is 6.26. The summed E-state index contributed by atoms with van der Waals surface area (Å²) in [6.07, 6.45) is 0. The Balaban J connectivity index is 2.28. The average molecular weight is 259 g/mol. The van der Waals surface area contributed by atoms with E-state index in [1.807, 2.05) is 0 Å². The van der Waals surface area contributed by atoms with Crippen molar-refractivity contribution in [1.29, 1.82) is 0 Å². The van der Waals surface area contributed by atoms with Crippen molar-refractivity contribution < 1.29 is 19.4 Å². The lowest BCUT2D eigenvalue weighted by molar-refractivity contribution is 0.0693. The summed E-state index contributed by atoms with van der Waals surface area (Å²) in [7, 11) is 1.42. The van der Waals surface area contributed by atoms with Crippen LogP contribution in [0.4, 0.5) is 5.69 Å². The van der Waals surface area contributed by atoms with Crippen LogP contribution in [0.15, 0.2) is 42.5 Å². The third-order valence-electron chi connectivity index (χ3n) is 2.52. The Morgan fingerprint density at radius 1 is 1.11 bits per heavy atom. The summed E-state index contributed by atoms with van der Waals surface area (Å²) >= 11 is 0. The number of benzene rings is 2. The van der Waals surface area contributed by atoms with Crippen LogP contribution in [0, 0.1) is 0 Å². The quantitative estimate of drug-likeness (QED) is 0.825. The molecule has 0 fully saturated rings. The van der Waals surface area contributed by atoms with Crippen molar-refractivity contribution in [1.82, 2.24) is 0 Å². The molecule has 0 atom stereocenters. The largest absolute Gasteiger partial charge is 0.496 e. The van der Waals surface area contributed by atoms with E-state index < -0.39 is 5.97 Å². The van der Waals surface area contributed by atoms with Gasteiger partial charge >= 0.3 is 5.97 Å². The molecule has 0 radical (unpaired) electrons. The lowest BCUT2D eigenvalue weighted by Crippen LogP contribution is -2.00. The van der Waals surface area contributed by atoms with Gasteiger partial charge in [0.05, 0.1) is 7.11 Å². The zero-order chi connectivity index (χ0) is 13.8. The van der Waals surface area contributed by atoms with E-state index in [9.17, 15) is 4.79 Å². The Hall–Kier alpha value is -2.69. The Kier molecular flexibility index (Phi) is 3.56. The molecule has 0 aromatic heterocycles. The standard InChI is InChI=1S/C14H13NO4/c1-18-13-7-6-11(8-12(13)14(16)17)19-10-4-2-9(15)3-5-10/h2-8H,15H2,1H3,(H,16,17). The van der Waals surface area contributed by atoms with Crippen molar-refractivity contribution >= 4 is 11.7 Å². The lowest BCUT2D eigenvalue weighted by atomic mass is 10.2. The van der Waals surface area contributed by atoms with E-state index in [-0.39, 0.29) is 11.3 Å². The van der Waals surface area contributed by atoms with Crippen molar-refractivity contribution in [2.24, 2.45) is 0 Å². The van der Waals surface area contributed by atoms with E-state index in [1.165, 1.54) is 13.2 Å². The number of methoxy groups -OCH3 is 1.